The van der Waals surface area contributed by atoms with E-state index in [2.05, 4.69) is 34.4 Å². The van der Waals surface area contributed by atoms with Gasteiger partial charge >= 0.3 is 5.97 Å². The zero-order chi connectivity index (χ0) is 35.7. The minimum Gasteiger partial charge on any atom is -0.455 e. The molecule has 2 aromatic carbocycles. The van der Waals surface area contributed by atoms with Crippen LogP contribution < -0.4 is 5.32 Å². The van der Waals surface area contributed by atoms with Crippen molar-refractivity contribution in [2.75, 3.05) is 26.2 Å². The van der Waals surface area contributed by atoms with E-state index < -0.39 is 41.7 Å². The number of allylic oxidation sites excluding steroid dienone is 1. The van der Waals surface area contributed by atoms with E-state index in [1.165, 1.54) is 0 Å². The first kappa shape index (κ1) is 37.5. The summed E-state index contributed by atoms with van der Waals surface area (Å²) in [6, 6.07) is 17.9. The third kappa shape index (κ3) is 8.05. The summed E-state index contributed by atoms with van der Waals surface area (Å²) in [6.45, 7) is 8.63. The number of rotatable bonds is 19. The zero-order valence-electron chi connectivity index (χ0n) is 28.5. The average molecular weight is 751 g/mol. The summed E-state index contributed by atoms with van der Waals surface area (Å²) in [7, 11) is 0. The number of nitrogens with zero attached hydrogens (tertiary/aromatic N) is 2. The molecule has 0 saturated carbocycles. The number of hydrogen-bond donors (Lipinski definition) is 2. The topological polar surface area (TPSA) is 125 Å². The zero-order valence-corrected chi connectivity index (χ0v) is 30.0. The van der Waals surface area contributed by atoms with Crippen LogP contribution >= 0.6 is 15.9 Å². The average Bonchev–Trinajstić information content (AvgIpc) is 3.72. The van der Waals surface area contributed by atoms with Crippen LogP contribution in [0.5, 0.6) is 0 Å². The van der Waals surface area contributed by atoms with Gasteiger partial charge in [0.05, 0.1) is 24.5 Å². The smallest absolute Gasteiger partial charge is 0.313 e. The van der Waals surface area contributed by atoms with Crippen LogP contribution in [-0.4, -0.2) is 87.4 Å². The monoisotopic (exact) mass is 749 g/mol. The lowest BCUT2D eigenvalue weighted by molar-refractivity contribution is -0.160. The number of amides is 3. The Bertz CT molecular complexity index is 1510. The maximum atomic E-state index is 14.7. The van der Waals surface area contributed by atoms with Gasteiger partial charge in [-0.2, -0.15) is 0 Å². The second kappa shape index (κ2) is 17.4. The van der Waals surface area contributed by atoms with Gasteiger partial charge in [-0.1, -0.05) is 102 Å². The molecule has 7 atom stereocenters. The molecular weight excluding hydrogens is 702 g/mol. The van der Waals surface area contributed by atoms with Gasteiger partial charge in [0, 0.05) is 37.5 Å². The molecule has 3 saturated heterocycles. The summed E-state index contributed by atoms with van der Waals surface area (Å²) < 4.78 is 12.9. The quantitative estimate of drug-likeness (QED) is 0.0909. The van der Waals surface area contributed by atoms with Crippen molar-refractivity contribution < 1.29 is 33.8 Å². The van der Waals surface area contributed by atoms with E-state index in [0.29, 0.717) is 44.3 Å². The van der Waals surface area contributed by atoms with Crippen molar-refractivity contribution >= 4 is 39.6 Å². The first-order chi connectivity index (χ1) is 24.2. The van der Waals surface area contributed by atoms with E-state index in [1.54, 1.807) is 22.0 Å². The number of hydrogen-bond acceptors (Lipinski definition) is 7. The van der Waals surface area contributed by atoms with E-state index in [4.69, 9.17) is 9.47 Å². The predicted octanol–water partition coefficient (Wildman–Crippen LogP) is 4.87. The highest BCUT2D eigenvalue weighted by atomic mass is 79.9. The molecule has 2 N–H and O–H groups in total. The number of benzene rings is 2. The number of aliphatic hydroxyl groups is 1. The molecule has 0 aliphatic carbocycles. The number of fused-ring (bicyclic) bond motifs is 1. The van der Waals surface area contributed by atoms with Crippen molar-refractivity contribution in [1.29, 1.82) is 0 Å². The molecule has 10 nitrogen and oxygen atoms in total. The first-order valence-corrected chi connectivity index (χ1v) is 18.5. The van der Waals surface area contributed by atoms with Gasteiger partial charge in [0.25, 0.3) is 0 Å². The molecule has 3 aliphatic rings. The van der Waals surface area contributed by atoms with Gasteiger partial charge in [0.15, 0.2) is 0 Å². The number of halogens is 1. The fraction of sp³-hybridized carbons (Fsp3) is 0.487. The van der Waals surface area contributed by atoms with Crippen molar-refractivity contribution in [3.8, 4) is 0 Å². The van der Waals surface area contributed by atoms with Crippen LogP contribution in [-0.2, 0) is 35.2 Å². The summed E-state index contributed by atoms with van der Waals surface area (Å²) in [5.74, 6) is -3.20. The van der Waals surface area contributed by atoms with Crippen molar-refractivity contribution in [2.45, 2.75) is 80.2 Å². The van der Waals surface area contributed by atoms with Crippen molar-refractivity contribution in [2.24, 2.45) is 11.8 Å². The number of carbonyl (C=O) groups excluding carboxylic acids is 4. The molecule has 50 heavy (non-hydrogen) atoms. The Labute approximate surface area is 303 Å². The lowest BCUT2D eigenvalue weighted by Crippen LogP contribution is -2.56. The van der Waals surface area contributed by atoms with Crippen molar-refractivity contribution in [3.63, 3.8) is 0 Å². The third-order valence-electron chi connectivity index (χ3n) is 9.97. The molecule has 3 aliphatic heterocycles. The van der Waals surface area contributed by atoms with Gasteiger partial charge in [-0.25, -0.2) is 0 Å². The summed E-state index contributed by atoms with van der Waals surface area (Å²) in [5, 5.41) is 12.1. The maximum Gasteiger partial charge on any atom is 0.313 e. The van der Waals surface area contributed by atoms with E-state index in [1.807, 2.05) is 60.7 Å². The van der Waals surface area contributed by atoms with Gasteiger partial charge in [-0.3, -0.25) is 19.2 Å². The number of aliphatic hydroxyl groups excluding tert-OH is 1. The van der Waals surface area contributed by atoms with Crippen LogP contribution in [0.3, 0.4) is 0 Å². The Hall–Kier alpha value is -3.80. The van der Waals surface area contributed by atoms with Crippen LogP contribution in [0.15, 0.2) is 86.0 Å². The molecule has 0 radical (unpaired) electrons. The second-order valence-electron chi connectivity index (χ2n) is 13.3. The Balaban J connectivity index is 1.44. The molecule has 3 heterocycles. The lowest BCUT2D eigenvalue weighted by Gasteiger charge is -2.37. The Morgan fingerprint density at radius 1 is 1.06 bits per heavy atom. The summed E-state index contributed by atoms with van der Waals surface area (Å²) in [4.78, 5) is 59.1. The standard InChI is InChI=1S/C39H48BrN3O7/c1-3-5-20-31(45)41-25-30(28-18-12-9-13-19-28)49-38(48)32-33-36(46)43(22-14-6-7-15-23-44)35(39(33)24-29(40)34(32)50-39)37(47)42(21-4-2)26-27-16-10-8-11-17-27/h3-4,8-13,16-19,29-30,32-35,44H,1-2,5-7,14-15,20-26H2,(H,41,45)/t29?,30-,32+,33-,34+,35+,39-/m1/s1. The minimum absolute atomic E-state index is 0.0581. The third-order valence-corrected chi connectivity index (χ3v) is 10.8. The number of likely N-dealkylation sites (tertiary alicyclic amines) is 1. The Morgan fingerprint density at radius 2 is 1.76 bits per heavy atom. The van der Waals surface area contributed by atoms with E-state index in [-0.39, 0.29) is 48.7 Å². The largest absolute Gasteiger partial charge is 0.455 e. The minimum atomic E-state index is -1.24. The van der Waals surface area contributed by atoms with E-state index in [9.17, 15) is 24.3 Å². The molecule has 2 aromatic rings. The highest BCUT2D eigenvalue weighted by Crippen LogP contribution is 2.60. The van der Waals surface area contributed by atoms with Gasteiger partial charge in [-0.15, -0.1) is 13.2 Å². The molecule has 2 bridgehead atoms. The molecule has 11 heteroatoms. The SMILES string of the molecule is C=CCCC(=O)NC[C@@H](OC(=O)[C@@H]1[C@H]2O[C@@]3(CC2Br)[C@H](C(=O)N(CC=C)Cc2ccccc2)N(CCCCCCO)C(=O)[C@@H]13)c1ccccc1. The second-order valence-corrected chi connectivity index (χ2v) is 14.5. The van der Waals surface area contributed by atoms with Gasteiger partial charge < -0.3 is 29.7 Å². The number of nitrogens with one attached hydrogen (secondary N) is 1. The van der Waals surface area contributed by atoms with Crippen molar-refractivity contribution in [1.82, 2.24) is 15.1 Å². The summed E-state index contributed by atoms with van der Waals surface area (Å²) >= 11 is 3.75. The number of unbranched alkanes of at least 4 members (excludes halogenated alkanes) is 3. The molecule has 3 amide bonds. The number of carbonyl (C=O) groups is 4. The predicted molar refractivity (Wildman–Crippen MR) is 193 cm³/mol. The number of ether oxygens (including phenoxy) is 2. The number of esters is 1. The molecule has 5 rings (SSSR count). The van der Waals surface area contributed by atoms with Crippen LogP contribution in [0, 0.1) is 11.8 Å². The first-order valence-electron chi connectivity index (χ1n) is 17.6. The molecule has 0 aromatic heterocycles. The van der Waals surface area contributed by atoms with Crippen LogP contribution in [0.25, 0.3) is 0 Å². The highest BCUT2D eigenvalue weighted by molar-refractivity contribution is 9.09. The van der Waals surface area contributed by atoms with Gasteiger partial charge in [0.2, 0.25) is 17.7 Å². The summed E-state index contributed by atoms with van der Waals surface area (Å²) in [5.41, 5.74) is 0.408. The van der Waals surface area contributed by atoms with E-state index >= 15 is 0 Å². The number of alkyl halides is 1. The molecular formula is C39H48BrN3O7. The molecule has 3 fully saturated rings. The van der Waals surface area contributed by atoms with Crippen molar-refractivity contribution in [3.05, 3.63) is 97.1 Å². The summed E-state index contributed by atoms with van der Waals surface area (Å²) in [6.07, 6.45) is 5.89. The van der Waals surface area contributed by atoms with Gasteiger partial charge in [-0.05, 0) is 36.8 Å². The normalized spacial score (nSPS) is 25.5. The molecule has 268 valence electrons. The maximum absolute atomic E-state index is 14.7. The van der Waals surface area contributed by atoms with Crippen LogP contribution in [0.4, 0.5) is 0 Å². The molecule has 1 unspecified atom stereocenters. The van der Waals surface area contributed by atoms with Crippen LogP contribution in [0.1, 0.15) is 62.2 Å². The lowest BCUT2D eigenvalue weighted by atomic mass is 9.70. The fourth-order valence-electron chi connectivity index (χ4n) is 7.67. The Morgan fingerprint density at radius 3 is 2.44 bits per heavy atom. The van der Waals surface area contributed by atoms with Gasteiger partial charge in [0.1, 0.15) is 17.7 Å². The fourth-order valence-corrected chi connectivity index (χ4v) is 8.62. The molecule has 1 spiro atoms. The Kier molecular flexibility index (Phi) is 13.0. The highest BCUT2D eigenvalue weighted by Gasteiger charge is 2.77. The van der Waals surface area contributed by atoms with Crippen LogP contribution in [0.2, 0.25) is 0 Å². The van der Waals surface area contributed by atoms with E-state index in [0.717, 1.165) is 18.4 Å².